The van der Waals surface area contributed by atoms with Crippen molar-refractivity contribution in [2.45, 2.75) is 44.2 Å². The zero-order valence-electron chi connectivity index (χ0n) is 15.3. The Kier molecular flexibility index (Phi) is 6.05. The van der Waals surface area contributed by atoms with Crippen molar-refractivity contribution in [2.24, 2.45) is 0 Å². The number of sulfonamides is 1. The van der Waals surface area contributed by atoms with E-state index in [-0.39, 0.29) is 10.8 Å². The quantitative estimate of drug-likeness (QED) is 0.811. The lowest BCUT2D eigenvalue weighted by atomic mass is 10.1. The van der Waals surface area contributed by atoms with E-state index < -0.39 is 21.7 Å². The minimum Gasteiger partial charge on any atom is -0.481 e. The summed E-state index contributed by atoms with van der Waals surface area (Å²) in [5, 5.41) is 2.71. The summed E-state index contributed by atoms with van der Waals surface area (Å²) in [5.41, 5.74) is -0.0798. The van der Waals surface area contributed by atoms with E-state index in [0.717, 1.165) is 0 Å². The van der Waals surface area contributed by atoms with Gasteiger partial charge in [-0.15, -0.1) is 0 Å². The van der Waals surface area contributed by atoms with Crippen LogP contribution in [-0.2, 0) is 14.8 Å². The number of nitrogens with one attached hydrogen (secondary N) is 2. The lowest BCUT2D eigenvalue weighted by Crippen LogP contribution is -2.40. The zero-order valence-corrected chi connectivity index (χ0v) is 16.1. The number of hydrogen-bond donors (Lipinski definition) is 2. The summed E-state index contributed by atoms with van der Waals surface area (Å²) in [5.74, 6) is 0.280. The molecule has 0 saturated carbocycles. The van der Waals surface area contributed by atoms with E-state index in [9.17, 15) is 13.2 Å². The second-order valence-corrected chi connectivity index (χ2v) is 8.62. The molecule has 0 aliphatic rings. The molecular formula is C19H24N2O4S. The lowest BCUT2D eigenvalue weighted by molar-refractivity contribution is -0.122. The van der Waals surface area contributed by atoms with Crippen molar-refractivity contribution in [3.63, 3.8) is 0 Å². The van der Waals surface area contributed by atoms with Crippen LogP contribution in [0.15, 0.2) is 59.5 Å². The molecule has 0 bridgehead atoms. The Labute approximate surface area is 154 Å². The average Bonchev–Trinajstić information content (AvgIpc) is 2.54. The number of rotatable bonds is 6. The van der Waals surface area contributed by atoms with E-state index in [2.05, 4.69) is 10.0 Å². The molecule has 2 N–H and O–H groups in total. The molecule has 2 aromatic rings. The van der Waals surface area contributed by atoms with Crippen molar-refractivity contribution < 1.29 is 17.9 Å². The van der Waals surface area contributed by atoms with Crippen molar-refractivity contribution >= 4 is 21.6 Å². The van der Waals surface area contributed by atoms with Gasteiger partial charge in [0.2, 0.25) is 10.0 Å². The number of benzene rings is 2. The summed E-state index contributed by atoms with van der Waals surface area (Å²) in [4.78, 5) is 12.4. The third kappa shape index (κ3) is 5.86. The van der Waals surface area contributed by atoms with Gasteiger partial charge in [0.1, 0.15) is 5.75 Å². The third-order valence-corrected chi connectivity index (χ3v) is 5.07. The molecule has 0 aromatic heterocycles. The highest BCUT2D eigenvalue weighted by atomic mass is 32.2. The lowest BCUT2D eigenvalue weighted by Gasteiger charge is -2.20. The van der Waals surface area contributed by atoms with Crippen LogP contribution in [0.5, 0.6) is 5.75 Å². The number of carbonyl (C=O) groups is 1. The highest BCUT2D eigenvalue weighted by Gasteiger charge is 2.22. The van der Waals surface area contributed by atoms with Gasteiger partial charge in [0.05, 0.1) is 4.90 Å². The second-order valence-electron chi connectivity index (χ2n) is 6.94. The van der Waals surface area contributed by atoms with Crippen LogP contribution in [0.3, 0.4) is 0 Å². The molecule has 2 aromatic carbocycles. The second kappa shape index (κ2) is 7.88. The number of para-hydroxylation sites is 1. The summed E-state index contributed by atoms with van der Waals surface area (Å²) in [7, 11) is -3.61. The summed E-state index contributed by atoms with van der Waals surface area (Å²) in [6.45, 7) is 6.96. The summed E-state index contributed by atoms with van der Waals surface area (Å²) < 4.78 is 32.7. The molecule has 0 unspecified atom stereocenters. The monoisotopic (exact) mass is 376 g/mol. The van der Waals surface area contributed by atoms with Crippen LogP contribution in [0.25, 0.3) is 0 Å². The van der Waals surface area contributed by atoms with Crippen LogP contribution in [0.2, 0.25) is 0 Å². The largest absolute Gasteiger partial charge is 0.481 e. The van der Waals surface area contributed by atoms with Crippen LogP contribution in [0.1, 0.15) is 27.7 Å². The molecule has 0 heterocycles. The van der Waals surface area contributed by atoms with Gasteiger partial charge in [0.25, 0.3) is 5.91 Å². The van der Waals surface area contributed by atoms with Crippen molar-refractivity contribution in [3.05, 3.63) is 54.6 Å². The van der Waals surface area contributed by atoms with Crippen molar-refractivity contribution in [1.82, 2.24) is 4.72 Å². The van der Waals surface area contributed by atoms with Gasteiger partial charge >= 0.3 is 0 Å². The molecule has 1 amide bonds. The van der Waals surface area contributed by atoms with Crippen molar-refractivity contribution in [1.29, 1.82) is 0 Å². The molecular weight excluding hydrogens is 352 g/mol. The Hall–Kier alpha value is -2.38. The minimum atomic E-state index is -3.61. The van der Waals surface area contributed by atoms with Gasteiger partial charge in [-0.1, -0.05) is 18.2 Å². The molecule has 2 rings (SSSR count). The molecule has 7 heteroatoms. The van der Waals surface area contributed by atoms with Crippen LogP contribution in [0, 0.1) is 0 Å². The third-order valence-electron chi connectivity index (χ3n) is 3.30. The van der Waals surface area contributed by atoms with E-state index in [4.69, 9.17) is 4.74 Å². The summed E-state index contributed by atoms with van der Waals surface area (Å²) in [6, 6.07) is 15.0. The van der Waals surface area contributed by atoms with Gasteiger partial charge in [0, 0.05) is 11.2 Å². The maximum atomic E-state index is 12.3. The van der Waals surface area contributed by atoms with Crippen LogP contribution >= 0.6 is 0 Å². The predicted octanol–water partition coefficient (Wildman–Crippen LogP) is 3.17. The minimum absolute atomic E-state index is 0.138. The molecule has 1 atom stereocenters. The smallest absolute Gasteiger partial charge is 0.265 e. The molecule has 26 heavy (non-hydrogen) atoms. The first-order valence-electron chi connectivity index (χ1n) is 8.23. The first-order valence-corrected chi connectivity index (χ1v) is 9.72. The Morgan fingerprint density at radius 2 is 1.58 bits per heavy atom. The molecule has 0 spiro atoms. The fraction of sp³-hybridized carbons (Fsp3) is 0.316. The molecule has 0 saturated heterocycles. The molecule has 6 nitrogen and oxygen atoms in total. The Morgan fingerprint density at radius 1 is 1.00 bits per heavy atom. The number of hydrogen-bond acceptors (Lipinski definition) is 4. The fourth-order valence-electron chi connectivity index (χ4n) is 2.18. The standard InChI is InChI=1S/C19H24N2O4S/c1-14(25-16-8-6-5-7-9-16)18(22)20-15-10-12-17(13-11-15)26(23,24)21-19(2,3)4/h5-14,21H,1-4H3,(H,20,22)/t14-/m0/s1. The van der Waals surface area contributed by atoms with E-state index >= 15 is 0 Å². The van der Waals surface area contributed by atoms with E-state index in [1.165, 1.54) is 12.1 Å². The summed E-state index contributed by atoms with van der Waals surface area (Å²) in [6.07, 6.45) is -0.691. The zero-order chi connectivity index (χ0) is 19.4. The maximum absolute atomic E-state index is 12.3. The number of anilines is 1. The molecule has 0 aliphatic carbocycles. The molecule has 140 valence electrons. The molecule has 0 fully saturated rings. The van der Waals surface area contributed by atoms with Gasteiger partial charge in [0.15, 0.2) is 6.10 Å². The van der Waals surface area contributed by atoms with E-state index in [1.807, 2.05) is 18.2 Å². The molecule has 0 aliphatic heterocycles. The van der Waals surface area contributed by atoms with Crippen LogP contribution < -0.4 is 14.8 Å². The normalized spacial score (nSPS) is 13.1. The highest BCUT2D eigenvalue weighted by Crippen LogP contribution is 2.17. The van der Waals surface area contributed by atoms with E-state index in [1.54, 1.807) is 52.0 Å². The first kappa shape index (κ1) is 19.9. The number of ether oxygens (including phenoxy) is 1. The van der Waals surface area contributed by atoms with Crippen molar-refractivity contribution in [3.8, 4) is 5.75 Å². The van der Waals surface area contributed by atoms with Gasteiger partial charge < -0.3 is 10.1 Å². The predicted molar refractivity (Wildman–Crippen MR) is 102 cm³/mol. The number of carbonyl (C=O) groups excluding carboxylic acids is 1. The summed E-state index contributed by atoms with van der Waals surface area (Å²) >= 11 is 0. The number of amides is 1. The fourth-order valence-corrected chi connectivity index (χ4v) is 3.60. The SMILES string of the molecule is C[C@H](Oc1ccccc1)C(=O)Nc1ccc(S(=O)(=O)NC(C)(C)C)cc1. The Bertz CT molecular complexity index is 841. The first-order chi connectivity index (χ1) is 12.1. The van der Waals surface area contributed by atoms with Crippen molar-refractivity contribution in [2.75, 3.05) is 5.32 Å². The highest BCUT2D eigenvalue weighted by molar-refractivity contribution is 7.89. The van der Waals surface area contributed by atoms with Gasteiger partial charge in [-0.3, -0.25) is 4.79 Å². The average molecular weight is 376 g/mol. The Morgan fingerprint density at radius 3 is 2.12 bits per heavy atom. The molecule has 0 radical (unpaired) electrons. The van der Waals surface area contributed by atoms with Crippen LogP contribution in [-0.4, -0.2) is 26.0 Å². The van der Waals surface area contributed by atoms with Crippen LogP contribution in [0.4, 0.5) is 5.69 Å². The maximum Gasteiger partial charge on any atom is 0.265 e. The van der Waals surface area contributed by atoms with Gasteiger partial charge in [-0.05, 0) is 64.1 Å². The topological polar surface area (TPSA) is 84.5 Å². The van der Waals surface area contributed by atoms with E-state index in [0.29, 0.717) is 11.4 Å². The Balaban J connectivity index is 2.01. The van der Waals surface area contributed by atoms with Gasteiger partial charge in [-0.2, -0.15) is 0 Å². The van der Waals surface area contributed by atoms with Gasteiger partial charge in [-0.25, -0.2) is 13.1 Å².